The Bertz CT molecular complexity index is 435. The maximum Gasteiger partial charge on any atom is 0.226 e. The minimum Gasteiger partial charge on any atom is -0.363 e. The molecule has 5 heteroatoms. The summed E-state index contributed by atoms with van der Waals surface area (Å²) in [7, 11) is 3.86. The van der Waals surface area contributed by atoms with Gasteiger partial charge in [-0.1, -0.05) is 12.8 Å². The van der Waals surface area contributed by atoms with Gasteiger partial charge in [0, 0.05) is 26.1 Å². The summed E-state index contributed by atoms with van der Waals surface area (Å²) in [5.41, 5.74) is 6.61. The fourth-order valence-corrected chi connectivity index (χ4v) is 2.51. The van der Waals surface area contributed by atoms with E-state index in [9.17, 15) is 4.79 Å². The number of carbonyl (C=O) groups is 1. The van der Waals surface area contributed by atoms with Crippen LogP contribution in [0.25, 0.3) is 0 Å². The summed E-state index contributed by atoms with van der Waals surface area (Å²) in [6.45, 7) is 0. The van der Waals surface area contributed by atoms with Gasteiger partial charge in [-0.15, -0.1) is 0 Å². The van der Waals surface area contributed by atoms with E-state index in [-0.39, 0.29) is 11.4 Å². The summed E-state index contributed by atoms with van der Waals surface area (Å²) in [6, 6.07) is 3.74. The van der Waals surface area contributed by atoms with Gasteiger partial charge in [0.15, 0.2) is 0 Å². The van der Waals surface area contributed by atoms with Crippen LogP contribution in [0.5, 0.6) is 0 Å². The molecule has 0 atom stereocenters. The van der Waals surface area contributed by atoms with Crippen molar-refractivity contribution in [1.82, 2.24) is 4.98 Å². The number of nitrogens with two attached hydrogens (primary N) is 1. The third-order valence-electron chi connectivity index (χ3n) is 3.60. The van der Waals surface area contributed by atoms with Crippen molar-refractivity contribution in [1.29, 1.82) is 0 Å². The molecule has 1 aromatic rings. The summed E-state index contributed by atoms with van der Waals surface area (Å²) in [5, 5.41) is 2.86. The predicted molar refractivity (Wildman–Crippen MR) is 77.2 cm³/mol. The molecule has 0 aliphatic heterocycles. The van der Waals surface area contributed by atoms with E-state index in [2.05, 4.69) is 10.3 Å². The Hall–Kier alpha value is -1.62. The van der Waals surface area contributed by atoms with Crippen LogP contribution in [-0.2, 0) is 4.79 Å². The van der Waals surface area contributed by atoms with Crippen LogP contribution < -0.4 is 16.0 Å². The monoisotopic (exact) mass is 262 g/mol. The Morgan fingerprint density at radius 3 is 2.63 bits per heavy atom. The third kappa shape index (κ3) is 3.67. The molecule has 0 bridgehead atoms. The summed E-state index contributed by atoms with van der Waals surface area (Å²) in [5.74, 6) is 0.841. The number of aromatic nitrogens is 1. The first kappa shape index (κ1) is 13.8. The van der Waals surface area contributed by atoms with Crippen LogP contribution in [0.3, 0.4) is 0 Å². The van der Waals surface area contributed by atoms with Crippen LogP contribution in [0.4, 0.5) is 11.5 Å². The van der Waals surface area contributed by atoms with Gasteiger partial charge in [0.2, 0.25) is 5.91 Å². The van der Waals surface area contributed by atoms with Crippen molar-refractivity contribution in [3.63, 3.8) is 0 Å². The second-order valence-electron chi connectivity index (χ2n) is 5.59. The highest BCUT2D eigenvalue weighted by atomic mass is 16.1. The molecular weight excluding hydrogens is 240 g/mol. The highest BCUT2D eigenvalue weighted by Gasteiger charge is 2.31. The first-order valence-electron chi connectivity index (χ1n) is 6.71. The van der Waals surface area contributed by atoms with E-state index in [1.54, 1.807) is 6.20 Å². The molecule has 1 aliphatic rings. The van der Waals surface area contributed by atoms with E-state index in [1.807, 2.05) is 31.1 Å². The lowest BCUT2D eigenvalue weighted by molar-refractivity contribution is -0.117. The molecule has 19 heavy (non-hydrogen) atoms. The van der Waals surface area contributed by atoms with E-state index >= 15 is 0 Å². The van der Waals surface area contributed by atoms with Crippen molar-refractivity contribution < 1.29 is 4.79 Å². The molecule has 104 valence electrons. The topological polar surface area (TPSA) is 71.2 Å². The Labute approximate surface area is 114 Å². The molecule has 1 aromatic heterocycles. The van der Waals surface area contributed by atoms with Crippen molar-refractivity contribution >= 4 is 17.4 Å². The number of anilines is 2. The summed E-state index contributed by atoms with van der Waals surface area (Å²) >= 11 is 0. The first-order valence-corrected chi connectivity index (χ1v) is 6.71. The van der Waals surface area contributed by atoms with E-state index in [4.69, 9.17) is 5.73 Å². The van der Waals surface area contributed by atoms with Crippen LogP contribution in [0.15, 0.2) is 18.3 Å². The average Bonchev–Trinajstić information content (AvgIpc) is 2.76. The molecule has 1 heterocycles. The zero-order valence-corrected chi connectivity index (χ0v) is 11.6. The quantitative estimate of drug-likeness (QED) is 0.867. The normalized spacial score (nSPS) is 17.2. The van der Waals surface area contributed by atoms with Crippen molar-refractivity contribution in [3.05, 3.63) is 18.3 Å². The minimum atomic E-state index is -0.304. The number of amides is 1. The van der Waals surface area contributed by atoms with Gasteiger partial charge >= 0.3 is 0 Å². The highest BCUT2D eigenvalue weighted by molar-refractivity contribution is 5.91. The summed E-state index contributed by atoms with van der Waals surface area (Å²) in [4.78, 5) is 18.1. The first-order chi connectivity index (χ1) is 8.98. The average molecular weight is 262 g/mol. The number of hydrogen-bond donors (Lipinski definition) is 2. The van der Waals surface area contributed by atoms with Crippen LogP contribution in [-0.4, -0.2) is 30.5 Å². The Morgan fingerprint density at radius 2 is 2.11 bits per heavy atom. The second-order valence-corrected chi connectivity index (χ2v) is 5.59. The molecule has 2 rings (SSSR count). The Morgan fingerprint density at radius 1 is 1.42 bits per heavy atom. The molecule has 3 N–H and O–H groups in total. The largest absolute Gasteiger partial charge is 0.363 e. The van der Waals surface area contributed by atoms with Gasteiger partial charge < -0.3 is 16.0 Å². The SMILES string of the molecule is CN(C)c1ccc(NC(=O)CC2(N)CCCC2)cn1. The van der Waals surface area contributed by atoms with E-state index in [1.165, 1.54) is 0 Å². The maximum atomic E-state index is 12.0. The summed E-state index contributed by atoms with van der Waals surface area (Å²) in [6.07, 6.45) is 6.20. The van der Waals surface area contributed by atoms with Gasteiger partial charge in [-0.05, 0) is 25.0 Å². The smallest absolute Gasteiger partial charge is 0.226 e. The number of hydrogen-bond acceptors (Lipinski definition) is 4. The van der Waals surface area contributed by atoms with Crippen LogP contribution >= 0.6 is 0 Å². The lowest BCUT2D eigenvalue weighted by Gasteiger charge is -2.22. The molecular formula is C14H22N4O. The minimum absolute atomic E-state index is 0.0243. The van der Waals surface area contributed by atoms with Gasteiger partial charge in [0.05, 0.1) is 11.9 Å². The number of rotatable bonds is 4. The van der Waals surface area contributed by atoms with Gasteiger partial charge in [-0.3, -0.25) is 4.79 Å². The predicted octanol–water partition coefficient (Wildman–Crippen LogP) is 1.75. The lowest BCUT2D eigenvalue weighted by atomic mass is 9.94. The van der Waals surface area contributed by atoms with Crippen molar-refractivity contribution in [2.75, 3.05) is 24.3 Å². The summed E-state index contributed by atoms with van der Waals surface area (Å²) < 4.78 is 0. The molecule has 0 radical (unpaired) electrons. The molecule has 1 aliphatic carbocycles. The van der Waals surface area contributed by atoms with Gasteiger partial charge in [0.25, 0.3) is 0 Å². The molecule has 1 fully saturated rings. The zero-order chi connectivity index (χ0) is 13.9. The maximum absolute atomic E-state index is 12.0. The third-order valence-corrected chi connectivity index (χ3v) is 3.60. The van der Waals surface area contributed by atoms with Gasteiger partial charge in [-0.25, -0.2) is 4.98 Å². The zero-order valence-electron chi connectivity index (χ0n) is 11.6. The molecule has 0 aromatic carbocycles. The second kappa shape index (κ2) is 5.57. The van der Waals surface area contributed by atoms with Crippen molar-refractivity contribution in [3.8, 4) is 0 Å². The molecule has 0 saturated heterocycles. The molecule has 0 unspecified atom stereocenters. The van der Waals surface area contributed by atoms with E-state index < -0.39 is 0 Å². The fraction of sp³-hybridized carbons (Fsp3) is 0.571. The van der Waals surface area contributed by atoms with Crippen LogP contribution in [0.2, 0.25) is 0 Å². The number of nitrogens with zero attached hydrogens (tertiary/aromatic N) is 2. The Kier molecular flexibility index (Phi) is 4.04. The standard InChI is InChI=1S/C14H22N4O/c1-18(2)12-6-5-11(10-16-12)17-13(19)9-14(15)7-3-4-8-14/h5-6,10H,3-4,7-9,15H2,1-2H3,(H,17,19). The molecule has 1 amide bonds. The van der Waals surface area contributed by atoms with Crippen molar-refractivity contribution in [2.24, 2.45) is 5.73 Å². The van der Waals surface area contributed by atoms with E-state index in [0.717, 1.165) is 37.2 Å². The number of carbonyl (C=O) groups excluding carboxylic acids is 1. The number of nitrogens with one attached hydrogen (secondary N) is 1. The lowest BCUT2D eigenvalue weighted by Crippen LogP contribution is -2.40. The van der Waals surface area contributed by atoms with Crippen LogP contribution in [0.1, 0.15) is 32.1 Å². The van der Waals surface area contributed by atoms with Gasteiger partial charge in [0.1, 0.15) is 5.82 Å². The highest BCUT2D eigenvalue weighted by Crippen LogP contribution is 2.30. The molecule has 5 nitrogen and oxygen atoms in total. The van der Waals surface area contributed by atoms with E-state index in [0.29, 0.717) is 6.42 Å². The molecule has 1 saturated carbocycles. The van der Waals surface area contributed by atoms with Crippen molar-refractivity contribution in [2.45, 2.75) is 37.6 Å². The number of pyridine rings is 1. The Balaban J connectivity index is 1.91. The molecule has 0 spiro atoms. The van der Waals surface area contributed by atoms with Gasteiger partial charge in [-0.2, -0.15) is 0 Å². The van der Waals surface area contributed by atoms with Crippen LogP contribution in [0, 0.1) is 0 Å². The fourth-order valence-electron chi connectivity index (χ4n) is 2.51.